The highest BCUT2D eigenvalue weighted by Crippen LogP contribution is 2.26. The number of unbranched alkanes of at least 4 members (excludes halogenated alkanes) is 1. The minimum Gasteiger partial charge on any atom is -0.504 e. The molecule has 0 unspecified atom stereocenters. The topological polar surface area (TPSA) is 59.3 Å². The maximum absolute atomic E-state index is 9.76. The molecule has 0 spiro atoms. The number of benzene rings is 1. The van der Waals surface area contributed by atoms with Crippen molar-refractivity contribution in [2.24, 2.45) is 0 Å². The van der Waals surface area contributed by atoms with Gasteiger partial charge in [0.15, 0.2) is 11.5 Å². The molecule has 1 heterocycles. The largest absolute Gasteiger partial charge is 0.504 e. The lowest BCUT2D eigenvalue weighted by atomic mass is 10.2. The lowest BCUT2D eigenvalue weighted by Gasteiger charge is -2.07. The van der Waals surface area contributed by atoms with E-state index in [1.807, 2.05) is 16.8 Å². The highest BCUT2D eigenvalue weighted by molar-refractivity contribution is 5.43. The quantitative estimate of drug-likeness (QED) is 0.821. The molecule has 5 heteroatoms. The third-order valence-corrected chi connectivity index (χ3v) is 3.42. The van der Waals surface area contributed by atoms with Crippen LogP contribution in [-0.2, 0) is 13.1 Å². The van der Waals surface area contributed by atoms with Gasteiger partial charge in [-0.2, -0.15) is 5.10 Å². The Hall–Kier alpha value is -2.17. The van der Waals surface area contributed by atoms with Crippen LogP contribution in [0.3, 0.4) is 0 Å². The fraction of sp³-hybridized carbons (Fsp3) is 0.438. The molecule has 114 valence electrons. The fourth-order valence-electron chi connectivity index (χ4n) is 2.17. The zero-order valence-corrected chi connectivity index (χ0v) is 12.9. The highest BCUT2D eigenvalue weighted by Gasteiger charge is 2.05. The van der Waals surface area contributed by atoms with E-state index >= 15 is 0 Å². The van der Waals surface area contributed by atoms with Crippen LogP contribution in [0.2, 0.25) is 0 Å². The van der Waals surface area contributed by atoms with E-state index in [-0.39, 0.29) is 5.75 Å². The molecular formula is C16H23N3O2. The minimum absolute atomic E-state index is 0.154. The summed E-state index contributed by atoms with van der Waals surface area (Å²) in [6.07, 6.45) is 2.29. The number of methoxy groups -OCH3 is 1. The second kappa shape index (κ2) is 7.02. The lowest BCUT2D eigenvalue weighted by molar-refractivity contribution is 0.373. The molecule has 0 amide bonds. The SMILES string of the molecule is CCCCn1nc(NCc2ccc(OC)c(O)c2)cc1C. The number of anilines is 1. The Kier molecular flexibility index (Phi) is 5.09. The first-order valence-electron chi connectivity index (χ1n) is 7.28. The van der Waals surface area contributed by atoms with E-state index in [9.17, 15) is 5.11 Å². The molecule has 2 aromatic rings. The van der Waals surface area contributed by atoms with Gasteiger partial charge in [-0.3, -0.25) is 4.68 Å². The van der Waals surface area contributed by atoms with Crippen LogP contribution in [0.15, 0.2) is 24.3 Å². The van der Waals surface area contributed by atoms with Gasteiger partial charge in [0.05, 0.1) is 7.11 Å². The third-order valence-electron chi connectivity index (χ3n) is 3.42. The summed E-state index contributed by atoms with van der Waals surface area (Å²) in [5.74, 6) is 1.50. The molecular weight excluding hydrogens is 266 g/mol. The first-order chi connectivity index (χ1) is 10.1. The summed E-state index contributed by atoms with van der Waals surface area (Å²) < 4.78 is 7.06. The van der Waals surface area contributed by atoms with Crippen LogP contribution in [0.4, 0.5) is 5.82 Å². The Morgan fingerprint density at radius 3 is 2.81 bits per heavy atom. The number of nitrogens with zero attached hydrogens (tertiary/aromatic N) is 2. The zero-order valence-electron chi connectivity index (χ0n) is 12.9. The highest BCUT2D eigenvalue weighted by atomic mass is 16.5. The first kappa shape index (κ1) is 15.2. The van der Waals surface area contributed by atoms with E-state index in [0.717, 1.165) is 36.5 Å². The molecule has 0 aliphatic carbocycles. The average Bonchev–Trinajstić information content (AvgIpc) is 2.83. The smallest absolute Gasteiger partial charge is 0.160 e. The molecule has 1 aromatic carbocycles. The summed E-state index contributed by atoms with van der Waals surface area (Å²) in [6.45, 7) is 5.80. The summed E-state index contributed by atoms with van der Waals surface area (Å²) in [5.41, 5.74) is 2.14. The van der Waals surface area contributed by atoms with Crippen LogP contribution in [0.1, 0.15) is 31.0 Å². The Morgan fingerprint density at radius 1 is 1.33 bits per heavy atom. The molecule has 0 aliphatic rings. The van der Waals surface area contributed by atoms with Crippen molar-refractivity contribution >= 4 is 5.82 Å². The van der Waals surface area contributed by atoms with Crippen molar-refractivity contribution in [2.75, 3.05) is 12.4 Å². The van der Waals surface area contributed by atoms with Crippen molar-refractivity contribution in [1.29, 1.82) is 0 Å². The maximum Gasteiger partial charge on any atom is 0.160 e. The van der Waals surface area contributed by atoms with Crippen LogP contribution in [0, 0.1) is 6.92 Å². The number of rotatable bonds is 7. The molecule has 1 aromatic heterocycles. The summed E-state index contributed by atoms with van der Waals surface area (Å²) in [7, 11) is 1.54. The first-order valence-corrected chi connectivity index (χ1v) is 7.28. The predicted molar refractivity (Wildman–Crippen MR) is 83.9 cm³/mol. The van der Waals surface area contributed by atoms with Crippen molar-refractivity contribution in [2.45, 2.75) is 39.8 Å². The van der Waals surface area contributed by atoms with Crippen molar-refractivity contribution in [3.05, 3.63) is 35.5 Å². The number of hydrogen-bond acceptors (Lipinski definition) is 4. The van der Waals surface area contributed by atoms with Gasteiger partial charge in [0.1, 0.15) is 5.82 Å². The van der Waals surface area contributed by atoms with Crippen LogP contribution < -0.4 is 10.1 Å². The van der Waals surface area contributed by atoms with Crippen molar-refractivity contribution in [3.63, 3.8) is 0 Å². The number of hydrogen-bond donors (Lipinski definition) is 2. The maximum atomic E-state index is 9.76. The van der Waals surface area contributed by atoms with E-state index in [1.165, 1.54) is 0 Å². The van der Waals surface area contributed by atoms with Gasteiger partial charge in [-0.05, 0) is 31.0 Å². The number of aromatic nitrogens is 2. The van der Waals surface area contributed by atoms with Crippen LogP contribution in [-0.4, -0.2) is 22.0 Å². The van der Waals surface area contributed by atoms with Gasteiger partial charge in [-0.15, -0.1) is 0 Å². The van der Waals surface area contributed by atoms with E-state index in [0.29, 0.717) is 12.3 Å². The van der Waals surface area contributed by atoms with E-state index in [2.05, 4.69) is 24.3 Å². The van der Waals surface area contributed by atoms with Gasteiger partial charge in [0.2, 0.25) is 0 Å². The van der Waals surface area contributed by atoms with Crippen molar-refractivity contribution in [1.82, 2.24) is 9.78 Å². The normalized spacial score (nSPS) is 10.6. The second-order valence-electron chi connectivity index (χ2n) is 5.11. The number of nitrogens with one attached hydrogen (secondary N) is 1. The molecule has 0 saturated heterocycles. The molecule has 0 radical (unpaired) electrons. The molecule has 0 aliphatic heterocycles. The second-order valence-corrected chi connectivity index (χ2v) is 5.11. The zero-order chi connectivity index (χ0) is 15.2. The van der Waals surface area contributed by atoms with Crippen LogP contribution in [0.25, 0.3) is 0 Å². The molecule has 0 fully saturated rings. The minimum atomic E-state index is 0.154. The Bertz CT molecular complexity index is 593. The van der Waals surface area contributed by atoms with E-state index in [1.54, 1.807) is 19.2 Å². The summed E-state index contributed by atoms with van der Waals surface area (Å²) in [4.78, 5) is 0. The Balaban J connectivity index is 1.98. The van der Waals surface area contributed by atoms with Crippen LogP contribution in [0.5, 0.6) is 11.5 Å². The predicted octanol–water partition coefficient (Wildman–Crippen LogP) is 3.32. The number of ether oxygens (including phenoxy) is 1. The standard InChI is InChI=1S/C16H23N3O2/c1-4-5-8-19-12(2)9-16(18-19)17-11-13-6-7-15(21-3)14(20)10-13/h6-7,9-10,20H,4-5,8,11H2,1-3H3,(H,17,18). The summed E-state index contributed by atoms with van der Waals surface area (Å²) in [6, 6.07) is 7.43. The lowest BCUT2D eigenvalue weighted by Crippen LogP contribution is -2.04. The van der Waals surface area contributed by atoms with Gasteiger partial charge in [-0.1, -0.05) is 19.4 Å². The number of aromatic hydroxyl groups is 1. The molecule has 2 N–H and O–H groups in total. The van der Waals surface area contributed by atoms with E-state index in [4.69, 9.17) is 4.74 Å². The molecule has 21 heavy (non-hydrogen) atoms. The Labute approximate surface area is 125 Å². The average molecular weight is 289 g/mol. The van der Waals surface area contributed by atoms with Crippen LogP contribution >= 0.6 is 0 Å². The van der Waals surface area contributed by atoms with Gasteiger partial charge >= 0.3 is 0 Å². The molecule has 0 bridgehead atoms. The molecule has 2 rings (SSSR count). The monoisotopic (exact) mass is 289 g/mol. The fourth-order valence-corrected chi connectivity index (χ4v) is 2.17. The Morgan fingerprint density at radius 2 is 2.14 bits per heavy atom. The van der Waals surface area contributed by atoms with Gasteiger partial charge in [-0.25, -0.2) is 0 Å². The molecule has 5 nitrogen and oxygen atoms in total. The molecule has 0 atom stereocenters. The van der Waals surface area contributed by atoms with E-state index < -0.39 is 0 Å². The number of phenols is 1. The number of phenolic OH excluding ortho intramolecular Hbond substituents is 1. The third kappa shape index (κ3) is 3.90. The van der Waals surface area contributed by atoms with Gasteiger partial charge in [0.25, 0.3) is 0 Å². The summed E-state index contributed by atoms with van der Waals surface area (Å²) >= 11 is 0. The molecule has 0 saturated carbocycles. The van der Waals surface area contributed by atoms with Gasteiger partial charge < -0.3 is 15.2 Å². The van der Waals surface area contributed by atoms with Crippen molar-refractivity contribution in [3.8, 4) is 11.5 Å². The van der Waals surface area contributed by atoms with Gasteiger partial charge in [0, 0.05) is 24.8 Å². The summed E-state index contributed by atoms with van der Waals surface area (Å²) in [5, 5.41) is 17.6. The number of aryl methyl sites for hydroxylation is 2. The van der Waals surface area contributed by atoms with Crippen molar-refractivity contribution < 1.29 is 9.84 Å².